The first-order valence-corrected chi connectivity index (χ1v) is 13.8. The number of nitrogens with one attached hydrogen (secondary N) is 2. The van der Waals surface area contributed by atoms with Crippen molar-refractivity contribution in [2.75, 3.05) is 42.9 Å². The van der Waals surface area contributed by atoms with Gasteiger partial charge in [0.2, 0.25) is 0 Å². The lowest BCUT2D eigenvalue weighted by Crippen LogP contribution is -2.48. The van der Waals surface area contributed by atoms with Gasteiger partial charge in [0.1, 0.15) is 5.56 Å². The van der Waals surface area contributed by atoms with Gasteiger partial charge in [0.15, 0.2) is 0 Å². The third-order valence-electron chi connectivity index (χ3n) is 7.91. The Bertz CT molecular complexity index is 1180. The number of nitrogens with zero attached hydrogens (tertiary/aromatic N) is 3. The molecule has 2 fully saturated rings. The standard InChI is InChI=1S/C29H38F3N5O3/c1-28(2,3)21-4-7-24(8-5-21)35-14-10-20(11-15-35)19-33-27(38)36-16-12-22(13-17-36)34-23-6-9-26(37(39)40)25(18-23)29(30,31)32/h4-9,18,20,22,34H,10-17,19H2,1-3H3,(H,33,38). The number of alkyl halides is 3. The zero-order valence-corrected chi connectivity index (χ0v) is 23.3. The molecule has 2 N–H and O–H groups in total. The quantitative estimate of drug-likeness (QED) is 0.314. The highest BCUT2D eigenvalue weighted by Crippen LogP contribution is 2.38. The second-order valence-electron chi connectivity index (χ2n) is 11.8. The van der Waals surface area contributed by atoms with Crippen LogP contribution in [0.1, 0.15) is 57.6 Å². The van der Waals surface area contributed by atoms with Crippen molar-refractivity contribution in [1.82, 2.24) is 10.2 Å². The summed E-state index contributed by atoms with van der Waals surface area (Å²) in [7, 11) is 0. The summed E-state index contributed by atoms with van der Waals surface area (Å²) >= 11 is 0. The average molecular weight is 562 g/mol. The van der Waals surface area contributed by atoms with Gasteiger partial charge in [-0.1, -0.05) is 32.9 Å². The molecule has 2 saturated heterocycles. The minimum absolute atomic E-state index is 0.117. The summed E-state index contributed by atoms with van der Waals surface area (Å²) in [6.07, 6.45) is -1.68. The number of hydrogen-bond donors (Lipinski definition) is 2. The number of anilines is 2. The van der Waals surface area contributed by atoms with Crippen molar-refractivity contribution in [3.63, 3.8) is 0 Å². The minimum Gasteiger partial charge on any atom is -0.382 e. The lowest BCUT2D eigenvalue weighted by Gasteiger charge is -2.35. The number of carbonyl (C=O) groups excluding carboxylic acids is 1. The number of nitro benzene ring substituents is 1. The Morgan fingerprint density at radius 1 is 0.975 bits per heavy atom. The molecule has 2 aromatic carbocycles. The Balaban J connectivity index is 1.19. The molecule has 0 bridgehead atoms. The number of hydrogen-bond acceptors (Lipinski definition) is 5. The van der Waals surface area contributed by atoms with Crippen LogP contribution < -0.4 is 15.5 Å². The number of halogens is 3. The molecule has 218 valence electrons. The molecular weight excluding hydrogens is 523 g/mol. The van der Waals surface area contributed by atoms with E-state index < -0.39 is 22.4 Å². The van der Waals surface area contributed by atoms with E-state index in [-0.39, 0.29) is 23.2 Å². The summed E-state index contributed by atoms with van der Waals surface area (Å²) in [6.45, 7) is 10.1. The van der Waals surface area contributed by atoms with Gasteiger partial charge in [-0.05, 0) is 66.8 Å². The van der Waals surface area contributed by atoms with Crippen molar-refractivity contribution in [1.29, 1.82) is 0 Å². The van der Waals surface area contributed by atoms with Crippen LogP contribution in [-0.2, 0) is 11.6 Å². The largest absolute Gasteiger partial charge is 0.423 e. The zero-order chi connectivity index (χ0) is 29.1. The topological polar surface area (TPSA) is 90.8 Å². The van der Waals surface area contributed by atoms with E-state index in [0.29, 0.717) is 38.4 Å². The van der Waals surface area contributed by atoms with Crippen LogP contribution in [0.3, 0.4) is 0 Å². The summed E-state index contributed by atoms with van der Waals surface area (Å²) in [4.78, 5) is 26.8. The van der Waals surface area contributed by atoms with Crippen LogP contribution >= 0.6 is 0 Å². The van der Waals surface area contributed by atoms with E-state index >= 15 is 0 Å². The van der Waals surface area contributed by atoms with Crippen molar-refractivity contribution in [2.24, 2.45) is 5.92 Å². The third-order valence-corrected chi connectivity index (χ3v) is 7.91. The fraction of sp³-hybridized carbons (Fsp3) is 0.552. The predicted molar refractivity (Wildman–Crippen MR) is 150 cm³/mol. The monoisotopic (exact) mass is 561 g/mol. The fourth-order valence-electron chi connectivity index (χ4n) is 5.39. The van der Waals surface area contributed by atoms with Crippen LogP contribution in [-0.4, -0.2) is 54.6 Å². The Labute approximate surface area is 233 Å². The molecule has 0 radical (unpaired) electrons. The summed E-state index contributed by atoms with van der Waals surface area (Å²) in [6, 6.07) is 11.5. The van der Waals surface area contributed by atoms with Crippen molar-refractivity contribution in [3.05, 3.63) is 63.7 Å². The number of benzene rings is 2. The van der Waals surface area contributed by atoms with E-state index in [9.17, 15) is 28.1 Å². The van der Waals surface area contributed by atoms with Gasteiger partial charge in [-0.3, -0.25) is 10.1 Å². The first-order valence-electron chi connectivity index (χ1n) is 13.8. The van der Waals surface area contributed by atoms with Gasteiger partial charge in [-0.25, -0.2) is 4.79 Å². The fourth-order valence-corrected chi connectivity index (χ4v) is 5.39. The molecule has 2 aromatic rings. The van der Waals surface area contributed by atoms with Crippen LogP contribution in [0.2, 0.25) is 0 Å². The Morgan fingerprint density at radius 2 is 1.60 bits per heavy atom. The molecule has 4 rings (SSSR count). The molecule has 2 aliphatic rings. The maximum absolute atomic E-state index is 13.3. The van der Waals surface area contributed by atoms with Gasteiger partial charge in [0, 0.05) is 56.2 Å². The number of likely N-dealkylation sites (tertiary alicyclic amines) is 1. The molecule has 2 amide bonds. The Hall–Kier alpha value is -3.50. The van der Waals surface area contributed by atoms with Crippen molar-refractivity contribution >= 4 is 23.1 Å². The molecular formula is C29H38F3N5O3. The van der Waals surface area contributed by atoms with Crippen LogP contribution in [0.4, 0.5) is 35.0 Å². The number of nitro groups is 1. The highest BCUT2D eigenvalue weighted by molar-refractivity contribution is 5.74. The molecule has 8 nitrogen and oxygen atoms in total. The van der Waals surface area contributed by atoms with E-state index in [0.717, 1.165) is 38.1 Å². The molecule has 2 aliphatic heterocycles. The van der Waals surface area contributed by atoms with E-state index in [1.54, 1.807) is 4.90 Å². The van der Waals surface area contributed by atoms with Gasteiger partial charge < -0.3 is 20.4 Å². The van der Waals surface area contributed by atoms with Crippen LogP contribution in [0.25, 0.3) is 0 Å². The normalized spacial score (nSPS) is 17.6. The molecule has 11 heteroatoms. The van der Waals surface area contributed by atoms with Gasteiger partial charge in [-0.15, -0.1) is 0 Å². The van der Waals surface area contributed by atoms with E-state index in [1.165, 1.54) is 17.3 Å². The van der Waals surface area contributed by atoms with Crippen molar-refractivity contribution in [2.45, 2.75) is 64.1 Å². The van der Waals surface area contributed by atoms with Crippen molar-refractivity contribution in [3.8, 4) is 0 Å². The van der Waals surface area contributed by atoms with Gasteiger partial charge >= 0.3 is 12.2 Å². The SMILES string of the molecule is CC(C)(C)c1ccc(N2CCC(CNC(=O)N3CCC(Nc4ccc([N+](=O)[O-])c(C(F)(F)F)c4)CC3)CC2)cc1. The Morgan fingerprint density at radius 3 is 2.15 bits per heavy atom. The molecule has 40 heavy (non-hydrogen) atoms. The third kappa shape index (κ3) is 7.37. The molecule has 0 atom stereocenters. The lowest BCUT2D eigenvalue weighted by atomic mass is 9.87. The number of urea groups is 1. The summed E-state index contributed by atoms with van der Waals surface area (Å²) in [5.41, 5.74) is 0.611. The number of piperidine rings is 2. The number of carbonyl (C=O) groups is 1. The molecule has 0 unspecified atom stereocenters. The predicted octanol–water partition coefficient (Wildman–Crippen LogP) is 6.41. The van der Waals surface area contributed by atoms with Crippen molar-refractivity contribution < 1.29 is 22.9 Å². The number of rotatable bonds is 6. The molecule has 0 aliphatic carbocycles. The summed E-state index contributed by atoms with van der Waals surface area (Å²) in [5, 5.41) is 17.1. The number of amides is 2. The van der Waals surface area contributed by atoms with Gasteiger partial charge in [0.25, 0.3) is 5.69 Å². The Kier molecular flexibility index (Phi) is 8.80. The van der Waals surface area contributed by atoms with E-state index in [4.69, 9.17) is 0 Å². The first kappa shape index (κ1) is 29.5. The maximum Gasteiger partial charge on any atom is 0.423 e. The average Bonchev–Trinajstić information content (AvgIpc) is 2.91. The van der Waals surface area contributed by atoms with Gasteiger partial charge in [-0.2, -0.15) is 13.2 Å². The summed E-state index contributed by atoms with van der Waals surface area (Å²) in [5.74, 6) is 0.415. The molecule has 0 spiro atoms. The van der Waals surface area contributed by atoms with Crippen LogP contribution in [0.15, 0.2) is 42.5 Å². The lowest BCUT2D eigenvalue weighted by molar-refractivity contribution is -0.388. The smallest absolute Gasteiger partial charge is 0.382 e. The zero-order valence-electron chi connectivity index (χ0n) is 23.3. The highest BCUT2D eigenvalue weighted by atomic mass is 19.4. The van der Waals surface area contributed by atoms with Crippen LogP contribution in [0.5, 0.6) is 0 Å². The van der Waals surface area contributed by atoms with Gasteiger partial charge in [0.05, 0.1) is 4.92 Å². The maximum atomic E-state index is 13.3. The molecule has 2 heterocycles. The second-order valence-corrected chi connectivity index (χ2v) is 11.8. The molecule has 0 aromatic heterocycles. The second kappa shape index (κ2) is 11.9. The van der Waals surface area contributed by atoms with E-state index in [1.807, 2.05) is 0 Å². The first-order chi connectivity index (χ1) is 18.8. The van der Waals surface area contributed by atoms with E-state index in [2.05, 4.69) is 60.6 Å². The van der Waals surface area contributed by atoms with Crippen LogP contribution in [0, 0.1) is 16.0 Å². The minimum atomic E-state index is -4.82. The highest BCUT2D eigenvalue weighted by Gasteiger charge is 2.38. The summed E-state index contributed by atoms with van der Waals surface area (Å²) < 4.78 is 39.8. The molecule has 0 saturated carbocycles.